The predicted octanol–water partition coefficient (Wildman–Crippen LogP) is 2.03. The quantitative estimate of drug-likeness (QED) is 0.733. The van der Waals surface area contributed by atoms with Crippen molar-refractivity contribution < 1.29 is 0 Å². The zero-order chi connectivity index (χ0) is 12.0. The lowest BCUT2D eigenvalue weighted by Crippen LogP contribution is -2.26. The summed E-state index contributed by atoms with van der Waals surface area (Å²) in [4.78, 5) is 8.80. The smallest absolute Gasteiger partial charge is 0.0424 e. The maximum Gasteiger partial charge on any atom is 0.0424 e. The van der Waals surface area contributed by atoms with E-state index in [0.717, 1.165) is 26.1 Å². The SMILES string of the molecule is CCN(CC)CCc1cnccc1N(C)C. The van der Waals surface area contributed by atoms with E-state index in [1.807, 2.05) is 12.4 Å². The Morgan fingerprint density at radius 3 is 2.44 bits per heavy atom. The third kappa shape index (κ3) is 3.49. The average molecular weight is 221 g/mol. The normalized spacial score (nSPS) is 10.8. The second-order valence-electron chi connectivity index (χ2n) is 4.18. The Balaban J connectivity index is 2.66. The molecule has 0 amide bonds. The van der Waals surface area contributed by atoms with Gasteiger partial charge in [0.2, 0.25) is 0 Å². The van der Waals surface area contributed by atoms with E-state index in [2.05, 4.69) is 48.8 Å². The van der Waals surface area contributed by atoms with Gasteiger partial charge >= 0.3 is 0 Å². The molecule has 0 N–H and O–H groups in total. The average Bonchev–Trinajstić information content (AvgIpc) is 2.30. The highest BCUT2D eigenvalue weighted by Crippen LogP contribution is 2.17. The van der Waals surface area contributed by atoms with Gasteiger partial charge in [-0.1, -0.05) is 13.8 Å². The largest absolute Gasteiger partial charge is 0.377 e. The van der Waals surface area contributed by atoms with Gasteiger partial charge in [-0.15, -0.1) is 0 Å². The molecule has 0 fully saturated rings. The van der Waals surface area contributed by atoms with Gasteiger partial charge in [-0.3, -0.25) is 4.98 Å². The Kier molecular flexibility index (Phi) is 5.26. The highest BCUT2D eigenvalue weighted by atomic mass is 15.1. The summed E-state index contributed by atoms with van der Waals surface area (Å²) >= 11 is 0. The topological polar surface area (TPSA) is 19.4 Å². The molecular formula is C13H23N3. The Bertz CT molecular complexity index is 306. The summed E-state index contributed by atoms with van der Waals surface area (Å²) in [7, 11) is 4.16. The molecule has 1 aromatic heterocycles. The fraction of sp³-hybridized carbons (Fsp3) is 0.615. The molecule has 3 heteroatoms. The summed E-state index contributed by atoms with van der Waals surface area (Å²) in [5, 5.41) is 0. The van der Waals surface area contributed by atoms with Gasteiger partial charge in [0.15, 0.2) is 0 Å². The molecule has 0 aromatic carbocycles. The second kappa shape index (κ2) is 6.48. The van der Waals surface area contributed by atoms with Gasteiger partial charge in [0.05, 0.1) is 0 Å². The van der Waals surface area contributed by atoms with Crippen molar-refractivity contribution in [2.45, 2.75) is 20.3 Å². The Morgan fingerprint density at radius 1 is 1.19 bits per heavy atom. The molecular weight excluding hydrogens is 198 g/mol. The minimum absolute atomic E-state index is 1.07. The van der Waals surface area contributed by atoms with Crippen LogP contribution < -0.4 is 4.90 Å². The molecule has 16 heavy (non-hydrogen) atoms. The highest BCUT2D eigenvalue weighted by molar-refractivity contribution is 5.50. The van der Waals surface area contributed by atoms with Gasteiger partial charge < -0.3 is 9.80 Å². The van der Waals surface area contributed by atoms with E-state index in [4.69, 9.17) is 0 Å². The van der Waals surface area contributed by atoms with Gasteiger partial charge in [0.1, 0.15) is 0 Å². The molecule has 0 aliphatic rings. The number of pyridine rings is 1. The van der Waals surface area contributed by atoms with Crippen molar-refractivity contribution in [1.29, 1.82) is 0 Å². The summed E-state index contributed by atoms with van der Waals surface area (Å²) in [5.74, 6) is 0. The van der Waals surface area contributed by atoms with Crippen molar-refractivity contribution in [3.05, 3.63) is 24.0 Å². The van der Waals surface area contributed by atoms with Crippen LogP contribution in [-0.2, 0) is 6.42 Å². The molecule has 1 rings (SSSR count). The lowest BCUT2D eigenvalue weighted by atomic mass is 10.1. The van der Waals surface area contributed by atoms with E-state index >= 15 is 0 Å². The number of nitrogens with zero attached hydrogens (tertiary/aromatic N) is 3. The fourth-order valence-electron chi connectivity index (χ4n) is 1.87. The molecule has 0 aliphatic heterocycles. The van der Waals surface area contributed by atoms with Gasteiger partial charge in [0, 0.05) is 38.7 Å². The first-order valence-electron chi connectivity index (χ1n) is 6.01. The number of hydrogen-bond donors (Lipinski definition) is 0. The zero-order valence-corrected chi connectivity index (χ0v) is 10.9. The van der Waals surface area contributed by atoms with E-state index in [9.17, 15) is 0 Å². The van der Waals surface area contributed by atoms with Crippen LogP contribution in [0.5, 0.6) is 0 Å². The Hall–Kier alpha value is -1.09. The van der Waals surface area contributed by atoms with Gasteiger partial charge in [-0.25, -0.2) is 0 Å². The lowest BCUT2D eigenvalue weighted by Gasteiger charge is -2.21. The molecule has 0 saturated heterocycles. The highest BCUT2D eigenvalue weighted by Gasteiger charge is 2.06. The van der Waals surface area contributed by atoms with Crippen LogP contribution in [0.25, 0.3) is 0 Å². The molecule has 1 aromatic rings. The molecule has 3 nitrogen and oxygen atoms in total. The number of likely N-dealkylation sites (N-methyl/N-ethyl adjacent to an activating group) is 1. The number of hydrogen-bond acceptors (Lipinski definition) is 3. The molecule has 0 bridgehead atoms. The van der Waals surface area contributed by atoms with Crippen molar-refractivity contribution in [1.82, 2.24) is 9.88 Å². The summed E-state index contributed by atoms with van der Waals surface area (Å²) < 4.78 is 0. The molecule has 0 radical (unpaired) electrons. The summed E-state index contributed by atoms with van der Waals surface area (Å²) in [6, 6.07) is 2.08. The minimum atomic E-state index is 1.07. The van der Waals surface area contributed by atoms with Crippen LogP contribution >= 0.6 is 0 Å². The summed E-state index contributed by atoms with van der Waals surface area (Å²) in [6.45, 7) is 7.76. The molecule has 1 heterocycles. The fourth-order valence-corrected chi connectivity index (χ4v) is 1.87. The van der Waals surface area contributed by atoms with Crippen LogP contribution in [0.4, 0.5) is 5.69 Å². The van der Waals surface area contributed by atoms with E-state index in [1.165, 1.54) is 11.3 Å². The number of rotatable bonds is 6. The summed E-state index contributed by atoms with van der Waals surface area (Å²) in [5.41, 5.74) is 2.61. The molecule has 0 spiro atoms. The molecule has 90 valence electrons. The van der Waals surface area contributed by atoms with Crippen molar-refractivity contribution in [3.8, 4) is 0 Å². The van der Waals surface area contributed by atoms with E-state index in [-0.39, 0.29) is 0 Å². The van der Waals surface area contributed by atoms with Crippen molar-refractivity contribution in [2.24, 2.45) is 0 Å². The van der Waals surface area contributed by atoms with Crippen molar-refractivity contribution >= 4 is 5.69 Å². The number of aromatic nitrogens is 1. The third-order valence-electron chi connectivity index (χ3n) is 2.95. The van der Waals surface area contributed by atoms with E-state index < -0.39 is 0 Å². The first kappa shape index (κ1) is 13.0. The first-order valence-corrected chi connectivity index (χ1v) is 6.01. The van der Waals surface area contributed by atoms with Crippen LogP contribution in [0.15, 0.2) is 18.5 Å². The maximum absolute atomic E-state index is 4.21. The molecule has 0 unspecified atom stereocenters. The maximum atomic E-state index is 4.21. The first-order chi connectivity index (χ1) is 7.69. The summed E-state index contributed by atoms with van der Waals surface area (Å²) in [6.07, 6.45) is 4.91. The van der Waals surface area contributed by atoms with Crippen LogP contribution in [-0.4, -0.2) is 43.6 Å². The van der Waals surface area contributed by atoms with Crippen LogP contribution in [0, 0.1) is 0 Å². The predicted molar refractivity (Wildman–Crippen MR) is 70.1 cm³/mol. The molecule has 0 saturated carbocycles. The zero-order valence-electron chi connectivity index (χ0n) is 10.9. The molecule has 0 atom stereocenters. The van der Waals surface area contributed by atoms with E-state index in [0.29, 0.717) is 0 Å². The molecule has 0 aliphatic carbocycles. The van der Waals surface area contributed by atoms with Gasteiger partial charge in [-0.05, 0) is 31.1 Å². The lowest BCUT2D eigenvalue weighted by molar-refractivity contribution is 0.308. The Morgan fingerprint density at radius 2 is 1.88 bits per heavy atom. The van der Waals surface area contributed by atoms with Crippen LogP contribution in [0.1, 0.15) is 19.4 Å². The van der Waals surface area contributed by atoms with Crippen LogP contribution in [0.2, 0.25) is 0 Å². The number of anilines is 1. The standard InChI is InChI=1S/C13H23N3/c1-5-16(6-2)10-8-12-11-14-9-7-13(12)15(3)4/h7,9,11H,5-6,8,10H2,1-4H3. The monoisotopic (exact) mass is 221 g/mol. The van der Waals surface area contributed by atoms with Crippen molar-refractivity contribution in [2.75, 3.05) is 38.6 Å². The van der Waals surface area contributed by atoms with Crippen molar-refractivity contribution in [3.63, 3.8) is 0 Å². The van der Waals surface area contributed by atoms with Gasteiger partial charge in [0.25, 0.3) is 0 Å². The van der Waals surface area contributed by atoms with E-state index in [1.54, 1.807) is 0 Å². The third-order valence-corrected chi connectivity index (χ3v) is 2.95. The van der Waals surface area contributed by atoms with Crippen LogP contribution in [0.3, 0.4) is 0 Å². The van der Waals surface area contributed by atoms with Gasteiger partial charge in [-0.2, -0.15) is 0 Å². The second-order valence-corrected chi connectivity index (χ2v) is 4.18. The minimum Gasteiger partial charge on any atom is -0.377 e. The Labute approximate surface area is 99.1 Å².